The molecule has 6 nitrogen and oxygen atoms in total. The van der Waals surface area contributed by atoms with Crippen molar-refractivity contribution in [2.45, 2.75) is 44.2 Å². The first-order valence-electron chi connectivity index (χ1n) is 8.16. The summed E-state index contributed by atoms with van der Waals surface area (Å²) in [6.07, 6.45) is 3.49. The van der Waals surface area contributed by atoms with Crippen molar-refractivity contribution in [2.75, 3.05) is 11.1 Å². The molecular weight excluding hydrogens is 326 g/mol. The summed E-state index contributed by atoms with van der Waals surface area (Å²) in [5.74, 6) is 0.110. The van der Waals surface area contributed by atoms with Crippen molar-refractivity contribution in [3.8, 4) is 0 Å². The van der Waals surface area contributed by atoms with Gasteiger partial charge in [0.05, 0.1) is 6.42 Å². The molecule has 0 radical (unpaired) electrons. The Morgan fingerprint density at radius 3 is 2.54 bits per heavy atom. The number of benzene rings is 1. The Hall–Kier alpha value is -2.02. The number of thiol groups is 1. The van der Waals surface area contributed by atoms with Crippen LogP contribution in [0.4, 0.5) is 5.69 Å². The van der Waals surface area contributed by atoms with Crippen LogP contribution in [0.25, 0.3) is 0 Å². The Morgan fingerprint density at radius 1 is 1.21 bits per heavy atom. The SMILES string of the molecule is O=C1C[C@@H](C(=O)N[C@@H](CCCCCS)C(=O)Nc2ccccc2)N1. The third kappa shape index (κ3) is 5.56. The second-order valence-corrected chi connectivity index (χ2v) is 6.26. The lowest BCUT2D eigenvalue weighted by Gasteiger charge is -2.28. The standard InChI is InChI=1S/C17H23N3O3S/c21-15-11-14(19-15)17(23)20-13(9-5-2-6-10-24)16(22)18-12-7-3-1-4-8-12/h1,3-4,7-8,13-14,24H,2,5-6,9-11H2,(H,18,22)(H,19,21)(H,20,23)/t13-,14-/m0/s1. The summed E-state index contributed by atoms with van der Waals surface area (Å²) in [6.45, 7) is 0. The maximum atomic E-state index is 12.5. The Balaban J connectivity index is 1.91. The molecule has 0 unspecified atom stereocenters. The minimum absolute atomic E-state index is 0.144. The topological polar surface area (TPSA) is 87.3 Å². The number of β-lactam (4-membered cyclic amide) rings is 1. The molecule has 2 atom stereocenters. The Morgan fingerprint density at radius 2 is 1.92 bits per heavy atom. The molecule has 3 amide bonds. The van der Waals surface area contributed by atoms with Gasteiger partial charge in [0.15, 0.2) is 0 Å². The van der Waals surface area contributed by atoms with Crippen LogP contribution in [-0.4, -0.2) is 35.6 Å². The van der Waals surface area contributed by atoms with E-state index in [0.29, 0.717) is 12.1 Å². The quantitative estimate of drug-likeness (QED) is 0.309. The first-order chi connectivity index (χ1) is 11.6. The van der Waals surface area contributed by atoms with Gasteiger partial charge in [0.25, 0.3) is 0 Å². The molecule has 7 heteroatoms. The zero-order valence-electron chi connectivity index (χ0n) is 13.5. The summed E-state index contributed by atoms with van der Waals surface area (Å²) >= 11 is 4.17. The largest absolute Gasteiger partial charge is 0.344 e. The summed E-state index contributed by atoms with van der Waals surface area (Å²) in [4.78, 5) is 35.5. The molecule has 0 spiro atoms. The summed E-state index contributed by atoms with van der Waals surface area (Å²) in [5.41, 5.74) is 0.689. The zero-order valence-corrected chi connectivity index (χ0v) is 14.4. The van der Waals surface area contributed by atoms with Gasteiger partial charge in [-0.25, -0.2) is 0 Å². The molecule has 0 saturated carbocycles. The van der Waals surface area contributed by atoms with Crippen molar-refractivity contribution in [2.24, 2.45) is 0 Å². The van der Waals surface area contributed by atoms with Gasteiger partial charge in [0, 0.05) is 5.69 Å². The Bertz CT molecular complexity index is 572. The number of nitrogens with one attached hydrogen (secondary N) is 3. The molecule has 3 N–H and O–H groups in total. The minimum atomic E-state index is -0.616. The molecule has 2 rings (SSSR count). The van der Waals surface area contributed by atoms with Crippen molar-refractivity contribution in [1.82, 2.24) is 10.6 Å². The third-order valence-electron chi connectivity index (χ3n) is 3.87. The van der Waals surface area contributed by atoms with E-state index in [1.807, 2.05) is 18.2 Å². The lowest BCUT2D eigenvalue weighted by Crippen LogP contribution is -2.59. The van der Waals surface area contributed by atoms with E-state index in [4.69, 9.17) is 0 Å². The molecular formula is C17H23N3O3S. The highest BCUT2D eigenvalue weighted by molar-refractivity contribution is 7.80. The highest BCUT2D eigenvalue weighted by atomic mass is 32.1. The molecule has 24 heavy (non-hydrogen) atoms. The average molecular weight is 349 g/mol. The predicted octanol–water partition coefficient (Wildman–Crippen LogP) is 1.49. The third-order valence-corrected chi connectivity index (χ3v) is 4.18. The van der Waals surface area contributed by atoms with Crippen LogP contribution >= 0.6 is 12.6 Å². The number of amides is 3. The smallest absolute Gasteiger partial charge is 0.246 e. The predicted molar refractivity (Wildman–Crippen MR) is 95.9 cm³/mol. The van der Waals surface area contributed by atoms with Crippen LogP contribution in [0.1, 0.15) is 32.1 Å². The molecule has 1 aromatic rings. The number of hydrogen-bond acceptors (Lipinski definition) is 4. The van der Waals surface area contributed by atoms with Gasteiger partial charge in [-0.1, -0.05) is 31.0 Å². The summed E-state index contributed by atoms with van der Waals surface area (Å²) < 4.78 is 0. The Kier molecular flexibility index (Phi) is 7.11. The van der Waals surface area contributed by atoms with E-state index in [-0.39, 0.29) is 24.1 Å². The van der Waals surface area contributed by atoms with Crippen LogP contribution in [0, 0.1) is 0 Å². The van der Waals surface area contributed by atoms with Crippen LogP contribution < -0.4 is 16.0 Å². The molecule has 1 aliphatic heterocycles. The second-order valence-electron chi connectivity index (χ2n) is 5.81. The summed E-state index contributed by atoms with van der Waals surface area (Å²) in [7, 11) is 0. The fraction of sp³-hybridized carbons (Fsp3) is 0.471. The molecule has 1 aliphatic rings. The van der Waals surface area contributed by atoms with E-state index in [0.717, 1.165) is 25.0 Å². The fourth-order valence-corrected chi connectivity index (χ4v) is 2.67. The van der Waals surface area contributed by atoms with E-state index in [1.54, 1.807) is 12.1 Å². The lowest BCUT2D eigenvalue weighted by atomic mass is 10.0. The first kappa shape index (κ1) is 18.3. The van der Waals surface area contributed by atoms with Crippen LogP contribution in [-0.2, 0) is 14.4 Å². The monoisotopic (exact) mass is 349 g/mol. The van der Waals surface area contributed by atoms with Crippen molar-refractivity contribution < 1.29 is 14.4 Å². The summed E-state index contributed by atoms with van der Waals surface area (Å²) in [5, 5.41) is 8.09. The van der Waals surface area contributed by atoms with Crippen molar-refractivity contribution in [3.05, 3.63) is 30.3 Å². The number of para-hydroxylation sites is 1. The van der Waals surface area contributed by atoms with Gasteiger partial charge in [-0.3, -0.25) is 14.4 Å². The van der Waals surface area contributed by atoms with Crippen LogP contribution in [0.3, 0.4) is 0 Å². The van der Waals surface area contributed by atoms with Crippen LogP contribution in [0.2, 0.25) is 0 Å². The molecule has 1 saturated heterocycles. The molecule has 130 valence electrons. The van der Waals surface area contributed by atoms with E-state index in [1.165, 1.54) is 0 Å². The van der Waals surface area contributed by atoms with Gasteiger partial charge in [-0.05, 0) is 30.7 Å². The van der Waals surface area contributed by atoms with Gasteiger partial charge < -0.3 is 16.0 Å². The van der Waals surface area contributed by atoms with Gasteiger partial charge in [0.1, 0.15) is 12.1 Å². The number of carbonyl (C=O) groups excluding carboxylic acids is 3. The van der Waals surface area contributed by atoms with Gasteiger partial charge in [-0.2, -0.15) is 12.6 Å². The normalized spacial score (nSPS) is 17.4. The van der Waals surface area contributed by atoms with Crippen molar-refractivity contribution >= 4 is 36.0 Å². The van der Waals surface area contributed by atoms with E-state index in [2.05, 4.69) is 28.6 Å². The van der Waals surface area contributed by atoms with Gasteiger partial charge in [0.2, 0.25) is 17.7 Å². The summed E-state index contributed by atoms with van der Waals surface area (Å²) in [6, 6.07) is 7.98. The van der Waals surface area contributed by atoms with E-state index < -0.39 is 12.1 Å². The number of unbranched alkanes of at least 4 members (excludes halogenated alkanes) is 2. The van der Waals surface area contributed by atoms with Gasteiger partial charge in [-0.15, -0.1) is 0 Å². The Labute approximate surface area is 147 Å². The van der Waals surface area contributed by atoms with Gasteiger partial charge >= 0.3 is 0 Å². The molecule has 1 aromatic carbocycles. The number of rotatable bonds is 9. The number of carbonyl (C=O) groups is 3. The van der Waals surface area contributed by atoms with Crippen molar-refractivity contribution in [3.63, 3.8) is 0 Å². The molecule has 0 aliphatic carbocycles. The minimum Gasteiger partial charge on any atom is -0.344 e. The number of hydrogen-bond donors (Lipinski definition) is 4. The fourth-order valence-electron chi connectivity index (χ4n) is 2.45. The lowest BCUT2D eigenvalue weighted by molar-refractivity contribution is -0.138. The van der Waals surface area contributed by atoms with E-state index >= 15 is 0 Å². The van der Waals surface area contributed by atoms with Crippen LogP contribution in [0.5, 0.6) is 0 Å². The van der Waals surface area contributed by atoms with Crippen molar-refractivity contribution in [1.29, 1.82) is 0 Å². The van der Waals surface area contributed by atoms with Crippen LogP contribution in [0.15, 0.2) is 30.3 Å². The maximum absolute atomic E-state index is 12.5. The maximum Gasteiger partial charge on any atom is 0.246 e. The highest BCUT2D eigenvalue weighted by Gasteiger charge is 2.33. The average Bonchev–Trinajstić information content (AvgIpc) is 2.55. The number of anilines is 1. The van der Waals surface area contributed by atoms with E-state index in [9.17, 15) is 14.4 Å². The molecule has 1 fully saturated rings. The first-order valence-corrected chi connectivity index (χ1v) is 8.80. The molecule has 0 aromatic heterocycles. The molecule has 1 heterocycles. The second kappa shape index (κ2) is 9.32. The zero-order chi connectivity index (χ0) is 17.4. The molecule has 0 bridgehead atoms. The highest BCUT2D eigenvalue weighted by Crippen LogP contribution is 2.11.